The lowest BCUT2D eigenvalue weighted by molar-refractivity contribution is 0.306. The normalized spacial score (nSPS) is 10.9. The van der Waals surface area contributed by atoms with E-state index in [1.54, 1.807) is 18.2 Å². The predicted molar refractivity (Wildman–Crippen MR) is 113 cm³/mol. The van der Waals surface area contributed by atoms with Crippen molar-refractivity contribution in [2.45, 2.75) is 25.9 Å². The molecule has 1 aromatic heterocycles. The maximum Gasteiger partial charge on any atom is 0.343 e. The van der Waals surface area contributed by atoms with Gasteiger partial charge in [-0.05, 0) is 54.7 Å². The molecule has 0 atom stereocenters. The second-order valence-electron chi connectivity index (χ2n) is 6.99. The summed E-state index contributed by atoms with van der Waals surface area (Å²) in [7, 11) is 0. The Morgan fingerprint density at radius 1 is 0.828 bits per heavy atom. The smallest absolute Gasteiger partial charge is 0.343 e. The van der Waals surface area contributed by atoms with Crippen LogP contribution in [0.5, 0.6) is 11.5 Å². The van der Waals surface area contributed by atoms with Crippen molar-refractivity contribution < 1.29 is 14.3 Å². The summed E-state index contributed by atoms with van der Waals surface area (Å²) in [6, 6.07) is 25.0. The second-order valence-corrected chi connectivity index (χ2v) is 6.99. The fourth-order valence-corrected chi connectivity index (χ4v) is 3.39. The van der Waals surface area contributed by atoms with Crippen LogP contribution >= 0.6 is 0 Å². The Kier molecular flexibility index (Phi) is 5.61. The highest BCUT2D eigenvalue weighted by atomic mass is 16.5. The maximum absolute atomic E-state index is 12.2. The van der Waals surface area contributed by atoms with E-state index in [1.807, 2.05) is 60.7 Å². The Balaban J connectivity index is 1.40. The average molecular weight is 386 g/mol. The molecule has 0 aliphatic rings. The van der Waals surface area contributed by atoms with Gasteiger partial charge >= 0.3 is 5.63 Å². The first kappa shape index (κ1) is 18.8. The van der Waals surface area contributed by atoms with Gasteiger partial charge in [0.15, 0.2) is 0 Å². The van der Waals surface area contributed by atoms with Crippen LogP contribution in [-0.2, 0) is 19.4 Å². The van der Waals surface area contributed by atoms with E-state index in [9.17, 15) is 9.90 Å². The topological polar surface area (TPSA) is 59.7 Å². The second kappa shape index (κ2) is 8.65. The number of hydrogen-bond acceptors (Lipinski definition) is 4. The number of aromatic hydroxyl groups is 1. The number of rotatable bonds is 7. The van der Waals surface area contributed by atoms with Crippen LogP contribution in [0.15, 0.2) is 88.1 Å². The molecule has 4 heteroatoms. The molecule has 0 bridgehead atoms. The van der Waals surface area contributed by atoms with Gasteiger partial charge in [-0.3, -0.25) is 0 Å². The molecule has 146 valence electrons. The lowest BCUT2D eigenvalue weighted by Gasteiger charge is -2.09. The van der Waals surface area contributed by atoms with Crippen molar-refractivity contribution in [1.82, 2.24) is 0 Å². The molecular formula is C25H22O4. The molecule has 4 rings (SSSR count). The SMILES string of the molecule is O=c1oc2ccccc2c(O)c1CCCc1cccc(OCc2ccccc2)c1. The standard InChI is InChI=1S/C25H22O4/c26-24-21-13-4-5-15-23(21)29-25(27)22(24)14-7-11-18-10-6-12-20(16-18)28-17-19-8-2-1-3-9-19/h1-6,8-10,12-13,15-16,26H,7,11,14,17H2. The minimum absolute atomic E-state index is 0.0248. The zero-order chi connectivity index (χ0) is 20.1. The van der Waals surface area contributed by atoms with Crippen LogP contribution in [0.25, 0.3) is 11.0 Å². The molecule has 0 radical (unpaired) electrons. The van der Waals surface area contributed by atoms with Gasteiger partial charge in [0.1, 0.15) is 23.7 Å². The van der Waals surface area contributed by atoms with Crippen molar-refractivity contribution in [3.8, 4) is 11.5 Å². The first-order valence-corrected chi connectivity index (χ1v) is 9.70. The number of ether oxygens (including phenoxy) is 1. The number of hydrogen-bond donors (Lipinski definition) is 1. The first-order chi connectivity index (χ1) is 14.2. The lowest BCUT2D eigenvalue weighted by Crippen LogP contribution is -2.08. The summed E-state index contributed by atoms with van der Waals surface area (Å²) >= 11 is 0. The summed E-state index contributed by atoms with van der Waals surface area (Å²) in [5.74, 6) is 0.844. The number of para-hydroxylation sites is 1. The predicted octanol–water partition coefficient (Wildman–Crippen LogP) is 5.25. The van der Waals surface area contributed by atoms with Gasteiger partial charge < -0.3 is 14.3 Å². The van der Waals surface area contributed by atoms with Crippen molar-refractivity contribution in [2.24, 2.45) is 0 Å². The molecule has 29 heavy (non-hydrogen) atoms. The van der Waals surface area contributed by atoms with Gasteiger partial charge in [-0.2, -0.15) is 0 Å². The van der Waals surface area contributed by atoms with Crippen molar-refractivity contribution in [1.29, 1.82) is 0 Å². The fourth-order valence-electron chi connectivity index (χ4n) is 3.39. The van der Waals surface area contributed by atoms with Crippen LogP contribution in [0.2, 0.25) is 0 Å². The van der Waals surface area contributed by atoms with Crippen LogP contribution in [-0.4, -0.2) is 5.11 Å². The Labute approximate surface area is 169 Å². The molecule has 1 heterocycles. The molecule has 3 aromatic carbocycles. The van der Waals surface area contributed by atoms with Gasteiger partial charge in [0.2, 0.25) is 0 Å². The quantitative estimate of drug-likeness (QED) is 0.441. The first-order valence-electron chi connectivity index (χ1n) is 9.70. The van der Waals surface area contributed by atoms with E-state index in [0.717, 1.165) is 29.7 Å². The van der Waals surface area contributed by atoms with E-state index in [1.165, 1.54) is 0 Å². The number of benzene rings is 3. The third kappa shape index (κ3) is 4.49. The third-order valence-electron chi connectivity index (χ3n) is 4.92. The minimum Gasteiger partial charge on any atom is -0.507 e. The third-order valence-corrected chi connectivity index (χ3v) is 4.92. The molecule has 0 unspecified atom stereocenters. The molecule has 0 aliphatic heterocycles. The van der Waals surface area contributed by atoms with Crippen molar-refractivity contribution in [3.05, 3.63) is 106 Å². The van der Waals surface area contributed by atoms with Crippen LogP contribution in [0.4, 0.5) is 0 Å². The van der Waals surface area contributed by atoms with Crippen LogP contribution in [0.1, 0.15) is 23.1 Å². The highest BCUT2D eigenvalue weighted by Crippen LogP contribution is 2.27. The summed E-state index contributed by atoms with van der Waals surface area (Å²) in [4.78, 5) is 12.2. The fraction of sp³-hybridized carbons (Fsp3) is 0.160. The molecule has 0 amide bonds. The number of aryl methyl sites for hydroxylation is 1. The van der Waals surface area contributed by atoms with Gasteiger partial charge in [0.05, 0.1) is 10.9 Å². The Bertz CT molecular complexity index is 1160. The van der Waals surface area contributed by atoms with E-state index in [-0.39, 0.29) is 5.75 Å². The van der Waals surface area contributed by atoms with E-state index >= 15 is 0 Å². The van der Waals surface area contributed by atoms with Gasteiger partial charge in [0.25, 0.3) is 0 Å². The molecule has 0 spiro atoms. The summed E-state index contributed by atoms with van der Waals surface area (Å²) < 4.78 is 11.2. The molecule has 0 saturated heterocycles. The van der Waals surface area contributed by atoms with Gasteiger partial charge in [-0.15, -0.1) is 0 Å². The van der Waals surface area contributed by atoms with E-state index in [0.29, 0.717) is 29.6 Å². The Hall–Kier alpha value is -3.53. The monoisotopic (exact) mass is 386 g/mol. The highest BCUT2D eigenvalue weighted by Gasteiger charge is 2.13. The molecule has 1 N–H and O–H groups in total. The van der Waals surface area contributed by atoms with Crippen molar-refractivity contribution >= 4 is 11.0 Å². The maximum atomic E-state index is 12.2. The molecule has 0 fully saturated rings. The van der Waals surface area contributed by atoms with Crippen LogP contribution < -0.4 is 10.4 Å². The molecular weight excluding hydrogens is 364 g/mol. The zero-order valence-corrected chi connectivity index (χ0v) is 16.0. The van der Waals surface area contributed by atoms with Gasteiger partial charge in [-0.1, -0.05) is 54.6 Å². The van der Waals surface area contributed by atoms with E-state index < -0.39 is 5.63 Å². The van der Waals surface area contributed by atoms with E-state index in [2.05, 4.69) is 0 Å². The molecule has 0 saturated carbocycles. The van der Waals surface area contributed by atoms with Crippen LogP contribution in [0, 0.1) is 0 Å². The van der Waals surface area contributed by atoms with Crippen molar-refractivity contribution in [2.75, 3.05) is 0 Å². The lowest BCUT2D eigenvalue weighted by atomic mass is 10.0. The average Bonchev–Trinajstić information content (AvgIpc) is 2.76. The largest absolute Gasteiger partial charge is 0.507 e. The molecule has 0 aliphatic carbocycles. The van der Waals surface area contributed by atoms with Gasteiger partial charge in [0, 0.05) is 0 Å². The highest BCUT2D eigenvalue weighted by molar-refractivity contribution is 5.83. The van der Waals surface area contributed by atoms with E-state index in [4.69, 9.17) is 9.15 Å². The number of fused-ring (bicyclic) bond motifs is 1. The zero-order valence-electron chi connectivity index (χ0n) is 16.0. The van der Waals surface area contributed by atoms with Gasteiger partial charge in [-0.25, -0.2) is 4.79 Å². The molecule has 4 aromatic rings. The summed E-state index contributed by atoms with van der Waals surface area (Å²) in [5, 5.41) is 11.0. The minimum atomic E-state index is -0.471. The summed E-state index contributed by atoms with van der Waals surface area (Å²) in [6.45, 7) is 0.524. The van der Waals surface area contributed by atoms with Crippen molar-refractivity contribution in [3.63, 3.8) is 0 Å². The Morgan fingerprint density at radius 2 is 1.59 bits per heavy atom. The molecule has 4 nitrogen and oxygen atoms in total. The summed E-state index contributed by atoms with van der Waals surface area (Å²) in [6.07, 6.45) is 1.95. The van der Waals surface area contributed by atoms with Crippen LogP contribution in [0.3, 0.4) is 0 Å². The summed E-state index contributed by atoms with van der Waals surface area (Å²) in [5.41, 5.74) is 2.51. The Morgan fingerprint density at radius 3 is 2.45 bits per heavy atom.